The minimum Gasteiger partial charge on any atom is -0.506 e. The second kappa shape index (κ2) is 8.97. The van der Waals surface area contributed by atoms with Crippen molar-refractivity contribution in [2.45, 2.75) is 52.4 Å². The Morgan fingerprint density at radius 3 is 1.75 bits per heavy atom. The van der Waals surface area contributed by atoms with Gasteiger partial charge in [-0.2, -0.15) is 0 Å². The van der Waals surface area contributed by atoms with Crippen molar-refractivity contribution in [2.75, 3.05) is 0 Å². The van der Waals surface area contributed by atoms with E-state index in [4.69, 9.17) is 23.2 Å². The van der Waals surface area contributed by atoms with E-state index < -0.39 is 0 Å². The predicted molar refractivity (Wildman–Crippen MR) is 114 cm³/mol. The van der Waals surface area contributed by atoms with Crippen molar-refractivity contribution in [3.63, 3.8) is 0 Å². The number of hydrogen-bond acceptors (Lipinski definition) is 4. The third kappa shape index (κ3) is 5.73. The van der Waals surface area contributed by atoms with Crippen molar-refractivity contribution in [3.05, 3.63) is 56.6 Å². The SMILES string of the molecule is CC(C)(C)c1cc(Cl)c(O)c(C=O)c1.CC(C)(C)c1ccc(C=O)c(O)c1Cl. The summed E-state index contributed by atoms with van der Waals surface area (Å²) < 4.78 is 0. The van der Waals surface area contributed by atoms with Gasteiger partial charge in [0, 0.05) is 0 Å². The molecule has 0 aliphatic rings. The highest BCUT2D eigenvalue weighted by atomic mass is 35.5. The number of benzene rings is 2. The van der Waals surface area contributed by atoms with Crippen LogP contribution in [0.15, 0.2) is 24.3 Å². The van der Waals surface area contributed by atoms with E-state index in [1.54, 1.807) is 24.3 Å². The van der Waals surface area contributed by atoms with Crippen LogP contribution >= 0.6 is 23.2 Å². The highest BCUT2D eigenvalue weighted by Crippen LogP contribution is 2.37. The number of phenolic OH excluding ortho intramolecular Hbond substituents is 2. The Hall–Kier alpha value is -2.04. The highest BCUT2D eigenvalue weighted by molar-refractivity contribution is 6.33. The summed E-state index contributed by atoms with van der Waals surface area (Å²) in [5.41, 5.74) is 2.00. The smallest absolute Gasteiger partial charge is 0.153 e. The largest absolute Gasteiger partial charge is 0.506 e. The predicted octanol–water partition coefficient (Wildman–Crippen LogP) is 6.31. The summed E-state index contributed by atoms with van der Waals surface area (Å²) in [7, 11) is 0. The Labute approximate surface area is 176 Å². The van der Waals surface area contributed by atoms with E-state index in [0.29, 0.717) is 12.6 Å². The van der Waals surface area contributed by atoms with Gasteiger partial charge in [-0.15, -0.1) is 0 Å². The van der Waals surface area contributed by atoms with Crippen molar-refractivity contribution < 1.29 is 19.8 Å². The third-order valence-corrected chi connectivity index (χ3v) is 4.84. The van der Waals surface area contributed by atoms with Crippen LogP contribution in [0.25, 0.3) is 0 Å². The molecule has 0 saturated carbocycles. The van der Waals surface area contributed by atoms with Crippen molar-refractivity contribution in [1.82, 2.24) is 0 Å². The lowest BCUT2D eigenvalue weighted by atomic mass is 9.86. The maximum Gasteiger partial charge on any atom is 0.153 e. The van der Waals surface area contributed by atoms with Crippen molar-refractivity contribution in [1.29, 1.82) is 0 Å². The number of aromatic hydroxyl groups is 2. The second-order valence-corrected chi connectivity index (χ2v) is 9.28. The average Bonchev–Trinajstić information content (AvgIpc) is 2.58. The Kier molecular flexibility index (Phi) is 7.69. The van der Waals surface area contributed by atoms with Gasteiger partial charge < -0.3 is 10.2 Å². The van der Waals surface area contributed by atoms with Crippen LogP contribution in [0.5, 0.6) is 11.5 Å². The first-order chi connectivity index (χ1) is 12.7. The van der Waals surface area contributed by atoms with E-state index in [-0.39, 0.29) is 43.5 Å². The maximum absolute atomic E-state index is 10.6. The summed E-state index contributed by atoms with van der Waals surface area (Å²) in [5.74, 6) is -0.274. The molecule has 0 bridgehead atoms. The normalized spacial score (nSPS) is 11.4. The van der Waals surface area contributed by atoms with Crippen LogP contribution in [0, 0.1) is 0 Å². The van der Waals surface area contributed by atoms with Gasteiger partial charge in [-0.3, -0.25) is 9.59 Å². The van der Waals surface area contributed by atoms with Gasteiger partial charge in [0.1, 0.15) is 11.5 Å². The molecule has 0 aliphatic carbocycles. The lowest BCUT2D eigenvalue weighted by Crippen LogP contribution is -2.12. The Bertz CT molecular complexity index is 876. The molecule has 0 fully saturated rings. The van der Waals surface area contributed by atoms with Gasteiger partial charge in [-0.1, -0.05) is 70.8 Å². The number of aldehydes is 2. The minimum atomic E-state index is -0.144. The van der Waals surface area contributed by atoms with Gasteiger partial charge in [0.05, 0.1) is 21.2 Å². The van der Waals surface area contributed by atoms with E-state index in [9.17, 15) is 19.8 Å². The molecule has 0 saturated heterocycles. The fraction of sp³-hybridized carbons (Fsp3) is 0.364. The van der Waals surface area contributed by atoms with E-state index in [2.05, 4.69) is 0 Å². The molecular formula is C22H26Cl2O4. The number of halogens is 2. The zero-order chi connectivity index (χ0) is 21.9. The number of rotatable bonds is 2. The maximum atomic E-state index is 10.6. The van der Waals surface area contributed by atoms with Crippen LogP contribution in [0.1, 0.15) is 73.4 Å². The molecule has 152 valence electrons. The monoisotopic (exact) mass is 424 g/mol. The molecule has 0 spiro atoms. The molecule has 6 heteroatoms. The number of hydrogen-bond donors (Lipinski definition) is 2. The molecule has 0 aliphatic heterocycles. The summed E-state index contributed by atoms with van der Waals surface area (Å²) in [6.07, 6.45) is 1.20. The summed E-state index contributed by atoms with van der Waals surface area (Å²) in [4.78, 5) is 21.2. The molecule has 0 unspecified atom stereocenters. The lowest BCUT2D eigenvalue weighted by Gasteiger charge is -2.21. The van der Waals surface area contributed by atoms with Crippen LogP contribution in [-0.2, 0) is 10.8 Å². The Morgan fingerprint density at radius 2 is 1.32 bits per heavy atom. The van der Waals surface area contributed by atoms with Gasteiger partial charge in [-0.25, -0.2) is 0 Å². The van der Waals surface area contributed by atoms with Gasteiger partial charge in [0.2, 0.25) is 0 Å². The molecule has 28 heavy (non-hydrogen) atoms. The molecule has 2 N–H and O–H groups in total. The topological polar surface area (TPSA) is 74.6 Å². The highest BCUT2D eigenvalue weighted by Gasteiger charge is 2.20. The second-order valence-electron chi connectivity index (χ2n) is 8.50. The summed E-state index contributed by atoms with van der Waals surface area (Å²) in [5, 5.41) is 19.5. The zero-order valence-electron chi connectivity index (χ0n) is 16.9. The van der Waals surface area contributed by atoms with Gasteiger partial charge >= 0.3 is 0 Å². The van der Waals surface area contributed by atoms with Crippen molar-refractivity contribution >= 4 is 35.8 Å². The van der Waals surface area contributed by atoms with Gasteiger partial charge in [-0.05, 0) is 40.2 Å². The Balaban J connectivity index is 0.000000280. The zero-order valence-corrected chi connectivity index (χ0v) is 18.4. The first-order valence-electron chi connectivity index (χ1n) is 8.69. The van der Waals surface area contributed by atoms with Crippen LogP contribution in [0.3, 0.4) is 0 Å². The molecular weight excluding hydrogens is 399 g/mol. The first kappa shape index (κ1) is 24.0. The molecule has 4 nitrogen and oxygen atoms in total. The number of carbonyl (C=O) groups is 2. The fourth-order valence-corrected chi connectivity index (χ4v) is 3.08. The van der Waals surface area contributed by atoms with E-state index in [1.165, 1.54) is 0 Å². The standard InChI is InChI=1S/2C11H13ClO2/c1-11(2,3)8-4-7(6-13)10(14)9(12)5-8;1-11(2,3)8-5-4-7(6-13)10(14)9(8)12/h2*4-6,14H,1-3H3. The molecule has 0 aromatic heterocycles. The van der Waals surface area contributed by atoms with Crippen LogP contribution in [0.2, 0.25) is 10.0 Å². The van der Waals surface area contributed by atoms with Crippen LogP contribution in [0.4, 0.5) is 0 Å². The summed E-state index contributed by atoms with van der Waals surface area (Å²) in [6, 6.07) is 6.69. The van der Waals surface area contributed by atoms with Crippen LogP contribution < -0.4 is 0 Å². The van der Waals surface area contributed by atoms with E-state index in [1.807, 2.05) is 41.5 Å². The summed E-state index contributed by atoms with van der Waals surface area (Å²) in [6.45, 7) is 12.0. The number of carbonyl (C=O) groups excluding carboxylic acids is 2. The lowest BCUT2D eigenvalue weighted by molar-refractivity contribution is 0.111. The molecule has 0 radical (unpaired) electrons. The molecule has 2 rings (SSSR count). The van der Waals surface area contributed by atoms with Crippen molar-refractivity contribution in [2.24, 2.45) is 0 Å². The molecule has 0 atom stereocenters. The van der Waals surface area contributed by atoms with Crippen LogP contribution in [-0.4, -0.2) is 22.8 Å². The van der Waals surface area contributed by atoms with E-state index >= 15 is 0 Å². The van der Waals surface area contributed by atoms with Crippen molar-refractivity contribution in [3.8, 4) is 11.5 Å². The quantitative estimate of drug-likeness (QED) is 0.553. The average molecular weight is 425 g/mol. The Morgan fingerprint density at radius 1 is 0.786 bits per heavy atom. The first-order valence-corrected chi connectivity index (χ1v) is 9.45. The molecule has 0 amide bonds. The number of phenols is 2. The van der Waals surface area contributed by atoms with Gasteiger partial charge in [0.15, 0.2) is 12.6 Å². The molecule has 2 aromatic carbocycles. The third-order valence-electron chi connectivity index (χ3n) is 4.17. The van der Waals surface area contributed by atoms with Gasteiger partial charge in [0.25, 0.3) is 0 Å². The minimum absolute atomic E-state index is 0.0882. The fourth-order valence-electron chi connectivity index (χ4n) is 2.40. The van der Waals surface area contributed by atoms with E-state index in [0.717, 1.165) is 11.1 Å². The summed E-state index contributed by atoms with van der Waals surface area (Å²) >= 11 is 11.7. The molecule has 0 heterocycles. The molecule has 2 aromatic rings.